The molecule has 0 spiro atoms. The molecule has 0 N–H and O–H groups in total. The van der Waals surface area contributed by atoms with Crippen LogP contribution in [0.2, 0.25) is 0 Å². The van der Waals surface area contributed by atoms with Gasteiger partial charge in [-0.25, -0.2) is 4.98 Å². The first kappa shape index (κ1) is 17.7. The van der Waals surface area contributed by atoms with Crippen molar-refractivity contribution < 1.29 is 9.47 Å². The number of ether oxygens (including phenoxy) is 2. The van der Waals surface area contributed by atoms with E-state index in [0.29, 0.717) is 6.61 Å². The Bertz CT molecular complexity index is 864. The number of rotatable bonds is 7. The maximum absolute atomic E-state index is 6.10. The van der Waals surface area contributed by atoms with Gasteiger partial charge in [0.1, 0.15) is 18.1 Å². The smallest absolute Gasteiger partial charge is 0.133 e. The number of halogens is 1. The van der Waals surface area contributed by atoms with Gasteiger partial charge in [0.2, 0.25) is 0 Å². The number of hydrogen-bond donors (Lipinski definition) is 0. The van der Waals surface area contributed by atoms with E-state index in [0.717, 1.165) is 57.6 Å². The molecule has 25 heavy (non-hydrogen) atoms. The van der Waals surface area contributed by atoms with Gasteiger partial charge in [-0.3, -0.25) is 0 Å². The highest BCUT2D eigenvalue weighted by atomic mass is 79.9. The maximum Gasteiger partial charge on any atom is 0.133 e. The van der Waals surface area contributed by atoms with Crippen molar-refractivity contribution in [2.75, 3.05) is 6.61 Å². The molecule has 1 heterocycles. The van der Waals surface area contributed by atoms with Gasteiger partial charge >= 0.3 is 0 Å². The van der Waals surface area contributed by atoms with Gasteiger partial charge in [0.25, 0.3) is 0 Å². The Labute approximate surface area is 157 Å². The molecule has 0 saturated heterocycles. The molecule has 0 bridgehead atoms. The zero-order valence-corrected chi connectivity index (χ0v) is 16.2. The Morgan fingerprint density at radius 2 is 1.88 bits per heavy atom. The van der Waals surface area contributed by atoms with Crippen LogP contribution in [0.1, 0.15) is 31.0 Å². The number of unbranched alkanes of at least 4 members (excludes halogenated alkanes) is 1. The Morgan fingerprint density at radius 3 is 2.68 bits per heavy atom. The van der Waals surface area contributed by atoms with Crippen molar-refractivity contribution >= 4 is 26.8 Å². The van der Waals surface area contributed by atoms with Crippen LogP contribution >= 0.6 is 15.9 Å². The van der Waals surface area contributed by atoms with Crippen LogP contribution in [-0.4, -0.2) is 11.6 Å². The number of hydrogen-bond acceptors (Lipinski definition) is 3. The molecule has 0 aliphatic heterocycles. The van der Waals surface area contributed by atoms with E-state index in [2.05, 4.69) is 35.8 Å². The van der Waals surface area contributed by atoms with Gasteiger partial charge in [0.05, 0.1) is 17.8 Å². The third-order valence-corrected chi connectivity index (χ3v) is 4.59. The maximum atomic E-state index is 6.10. The highest BCUT2D eigenvalue weighted by molar-refractivity contribution is 9.10. The fourth-order valence-electron chi connectivity index (χ4n) is 2.68. The molecule has 0 saturated carbocycles. The zero-order valence-electron chi connectivity index (χ0n) is 14.6. The van der Waals surface area contributed by atoms with Crippen molar-refractivity contribution in [1.29, 1.82) is 0 Å². The summed E-state index contributed by atoms with van der Waals surface area (Å²) in [5.74, 6) is 1.74. The van der Waals surface area contributed by atoms with Crippen molar-refractivity contribution in [2.45, 2.75) is 33.3 Å². The van der Waals surface area contributed by atoms with E-state index in [1.807, 2.05) is 42.5 Å². The van der Waals surface area contributed by atoms with Crippen LogP contribution in [0, 0.1) is 6.92 Å². The number of benzene rings is 2. The van der Waals surface area contributed by atoms with Gasteiger partial charge < -0.3 is 9.47 Å². The summed E-state index contributed by atoms with van der Waals surface area (Å²) in [7, 11) is 0. The second-order valence-electron chi connectivity index (χ2n) is 5.98. The summed E-state index contributed by atoms with van der Waals surface area (Å²) in [6, 6.07) is 15.9. The van der Waals surface area contributed by atoms with Crippen molar-refractivity contribution in [3.63, 3.8) is 0 Å². The Balaban J connectivity index is 1.90. The summed E-state index contributed by atoms with van der Waals surface area (Å²) in [6.07, 6.45) is 2.15. The first-order valence-electron chi connectivity index (χ1n) is 8.58. The van der Waals surface area contributed by atoms with Gasteiger partial charge in [-0.05, 0) is 43.7 Å². The fraction of sp³-hybridized carbons (Fsp3) is 0.286. The highest BCUT2D eigenvalue weighted by Gasteiger charge is 2.13. The summed E-state index contributed by atoms with van der Waals surface area (Å²) in [4.78, 5) is 4.78. The van der Waals surface area contributed by atoms with Crippen LogP contribution in [0.25, 0.3) is 10.9 Å². The molecule has 0 amide bonds. The molecular weight excluding hydrogens is 378 g/mol. The number of nitrogens with zero attached hydrogens (tertiary/aromatic N) is 1. The van der Waals surface area contributed by atoms with Crippen molar-refractivity contribution in [2.24, 2.45) is 0 Å². The first-order valence-corrected chi connectivity index (χ1v) is 9.37. The number of aromatic nitrogens is 1. The predicted molar refractivity (Wildman–Crippen MR) is 105 cm³/mol. The molecule has 0 aliphatic rings. The summed E-state index contributed by atoms with van der Waals surface area (Å²) >= 11 is 3.47. The Hall–Kier alpha value is -2.07. The lowest BCUT2D eigenvalue weighted by Gasteiger charge is -2.16. The summed E-state index contributed by atoms with van der Waals surface area (Å²) < 4.78 is 13.0. The van der Waals surface area contributed by atoms with E-state index in [-0.39, 0.29) is 0 Å². The second-order valence-corrected chi connectivity index (χ2v) is 6.89. The minimum Gasteiger partial charge on any atom is -0.493 e. The van der Waals surface area contributed by atoms with E-state index in [1.165, 1.54) is 0 Å². The summed E-state index contributed by atoms with van der Waals surface area (Å²) in [6.45, 7) is 5.35. The molecule has 3 aromatic rings. The van der Waals surface area contributed by atoms with Crippen LogP contribution in [0.3, 0.4) is 0 Å². The molecule has 3 rings (SSSR count). The monoisotopic (exact) mass is 399 g/mol. The molecule has 130 valence electrons. The van der Waals surface area contributed by atoms with Gasteiger partial charge in [0, 0.05) is 15.4 Å². The van der Waals surface area contributed by atoms with E-state index in [1.54, 1.807) is 0 Å². The van der Waals surface area contributed by atoms with Gasteiger partial charge in [-0.15, -0.1) is 0 Å². The van der Waals surface area contributed by atoms with Crippen LogP contribution in [0.5, 0.6) is 11.5 Å². The molecule has 0 fully saturated rings. The average Bonchev–Trinajstić information content (AvgIpc) is 2.62. The van der Waals surface area contributed by atoms with Crippen molar-refractivity contribution in [3.8, 4) is 11.5 Å². The first-order chi connectivity index (χ1) is 12.2. The van der Waals surface area contributed by atoms with Crippen LogP contribution in [-0.2, 0) is 6.61 Å². The topological polar surface area (TPSA) is 31.4 Å². The normalized spacial score (nSPS) is 10.8. The lowest BCUT2D eigenvalue weighted by molar-refractivity contribution is 0.293. The van der Waals surface area contributed by atoms with Gasteiger partial charge in [-0.1, -0.05) is 47.5 Å². The van der Waals surface area contributed by atoms with Crippen LogP contribution < -0.4 is 9.47 Å². The van der Waals surface area contributed by atoms with Crippen molar-refractivity contribution in [3.05, 3.63) is 64.3 Å². The average molecular weight is 400 g/mol. The Kier molecular flexibility index (Phi) is 5.92. The quantitative estimate of drug-likeness (QED) is 0.452. The Morgan fingerprint density at radius 1 is 1.04 bits per heavy atom. The van der Waals surface area contributed by atoms with Gasteiger partial charge in [-0.2, -0.15) is 0 Å². The highest BCUT2D eigenvalue weighted by Crippen LogP contribution is 2.31. The second kappa shape index (κ2) is 8.34. The van der Waals surface area contributed by atoms with Crippen LogP contribution in [0.4, 0.5) is 0 Å². The molecule has 0 atom stereocenters. The lowest BCUT2D eigenvalue weighted by atomic mass is 10.1. The standard InChI is InChI=1S/C21H22BrNO2/c1-3-4-12-24-21-15(2)20(23-19-11-6-5-10-18(19)21)14-25-17-9-7-8-16(22)13-17/h5-11,13H,3-4,12,14H2,1-2H3. The largest absolute Gasteiger partial charge is 0.493 e. The molecule has 1 aromatic heterocycles. The minimum atomic E-state index is 0.414. The third-order valence-electron chi connectivity index (χ3n) is 4.09. The molecule has 0 aliphatic carbocycles. The van der Waals surface area contributed by atoms with E-state index in [4.69, 9.17) is 14.5 Å². The molecule has 4 heteroatoms. The molecule has 3 nitrogen and oxygen atoms in total. The molecule has 0 radical (unpaired) electrons. The number of fused-ring (bicyclic) bond motifs is 1. The zero-order chi connectivity index (χ0) is 17.6. The van der Waals surface area contributed by atoms with Crippen molar-refractivity contribution in [1.82, 2.24) is 4.98 Å². The SMILES string of the molecule is CCCCOc1c(C)c(COc2cccc(Br)c2)nc2ccccc12. The minimum absolute atomic E-state index is 0.414. The summed E-state index contributed by atoms with van der Waals surface area (Å²) in [5, 5.41) is 1.06. The summed E-state index contributed by atoms with van der Waals surface area (Å²) in [5.41, 5.74) is 2.89. The van der Waals surface area contributed by atoms with E-state index >= 15 is 0 Å². The third kappa shape index (κ3) is 4.31. The van der Waals surface area contributed by atoms with Crippen LogP contribution in [0.15, 0.2) is 53.0 Å². The number of para-hydroxylation sites is 1. The fourth-order valence-corrected chi connectivity index (χ4v) is 3.06. The molecule has 2 aromatic carbocycles. The number of pyridine rings is 1. The predicted octanol–water partition coefficient (Wildman–Crippen LogP) is 6.06. The van der Waals surface area contributed by atoms with E-state index < -0.39 is 0 Å². The lowest BCUT2D eigenvalue weighted by Crippen LogP contribution is -2.06. The molecule has 0 unspecified atom stereocenters. The van der Waals surface area contributed by atoms with E-state index in [9.17, 15) is 0 Å². The molecular formula is C21H22BrNO2. The van der Waals surface area contributed by atoms with Gasteiger partial charge in [0.15, 0.2) is 0 Å².